The molecule has 60 heavy (non-hydrogen) atoms. The van der Waals surface area contributed by atoms with E-state index in [9.17, 15) is 0 Å². The second-order valence-electron chi connectivity index (χ2n) is 15.2. The number of nitrogens with zero attached hydrogens (tertiary/aromatic N) is 1. The van der Waals surface area contributed by atoms with Gasteiger partial charge in [0.25, 0.3) is 0 Å². The van der Waals surface area contributed by atoms with Gasteiger partial charge in [0.2, 0.25) is 0 Å². The zero-order valence-electron chi connectivity index (χ0n) is 32.9. The highest BCUT2D eigenvalue weighted by atomic mass is 16.3. The molecule has 0 spiro atoms. The van der Waals surface area contributed by atoms with Gasteiger partial charge in [-0.25, -0.2) is 0 Å². The summed E-state index contributed by atoms with van der Waals surface area (Å²) < 4.78 is 6.33. The van der Waals surface area contributed by atoms with Gasteiger partial charge in [0.1, 0.15) is 11.2 Å². The third-order valence-electron chi connectivity index (χ3n) is 11.7. The van der Waals surface area contributed by atoms with Crippen LogP contribution in [0.1, 0.15) is 0 Å². The Hall–Kier alpha value is -7.94. The average Bonchev–Trinajstić information content (AvgIpc) is 3.70. The molecule has 11 rings (SSSR count). The van der Waals surface area contributed by atoms with Gasteiger partial charge < -0.3 is 9.32 Å². The van der Waals surface area contributed by atoms with Crippen LogP contribution >= 0.6 is 0 Å². The van der Waals surface area contributed by atoms with Crippen molar-refractivity contribution in [1.82, 2.24) is 0 Å². The fraction of sp³-hybridized carbons (Fsp3) is 0. The van der Waals surface area contributed by atoms with Crippen molar-refractivity contribution in [1.29, 1.82) is 0 Å². The van der Waals surface area contributed by atoms with Crippen molar-refractivity contribution in [2.24, 2.45) is 0 Å². The summed E-state index contributed by atoms with van der Waals surface area (Å²) in [5.74, 6) is 0. The predicted octanol–water partition coefficient (Wildman–Crippen LogP) is 16.5. The van der Waals surface area contributed by atoms with Gasteiger partial charge in [0.15, 0.2) is 0 Å². The third kappa shape index (κ3) is 6.32. The van der Waals surface area contributed by atoms with Gasteiger partial charge in [0, 0.05) is 27.7 Å². The second kappa shape index (κ2) is 15.1. The quantitative estimate of drug-likeness (QED) is 0.153. The molecule has 0 saturated heterocycles. The van der Waals surface area contributed by atoms with Crippen LogP contribution in [0.3, 0.4) is 0 Å². The number of hydrogen-bond acceptors (Lipinski definition) is 2. The van der Waals surface area contributed by atoms with E-state index in [2.05, 4.69) is 229 Å². The molecule has 0 unspecified atom stereocenters. The molecule has 0 radical (unpaired) electrons. The first kappa shape index (κ1) is 35.2. The van der Waals surface area contributed by atoms with E-state index in [4.69, 9.17) is 4.42 Å². The molecule has 0 atom stereocenters. The van der Waals surface area contributed by atoms with Gasteiger partial charge in [-0.05, 0) is 109 Å². The summed E-state index contributed by atoms with van der Waals surface area (Å²) >= 11 is 0. The van der Waals surface area contributed by atoms with Crippen LogP contribution in [0.5, 0.6) is 0 Å². The number of anilines is 3. The van der Waals surface area contributed by atoms with Crippen LogP contribution in [0.2, 0.25) is 0 Å². The fourth-order valence-electron chi connectivity index (χ4n) is 8.84. The molecule has 10 aromatic carbocycles. The Morgan fingerprint density at radius 1 is 0.267 bits per heavy atom. The molecule has 0 N–H and O–H groups in total. The van der Waals surface area contributed by atoms with Crippen molar-refractivity contribution in [3.63, 3.8) is 0 Å². The molecule has 0 aliphatic rings. The molecule has 0 aliphatic heterocycles. The van der Waals surface area contributed by atoms with E-state index in [0.717, 1.165) is 50.1 Å². The van der Waals surface area contributed by atoms with Crippen molar-refractivity contribution in [2.45, 2.75) is 0 Å². The van der Waals surface area contributed by atoms with Crippen LogP contribution in [0.15, 0.2) is 241 Å². The minimum atomic E-state index is 0.871. The summed E-state index contributed by atoms with van der Waals surface area (Å²) in [6.45, 7) is 0. The van der Waals surface area contributed by atoms with Gasteiger partial charge in [-0.15, -0.1) is 0 Å². The van der Waals surface area contributed by atoms with Crippen LogP contribution in [0, 0.1) is 0 Å². The third-order valence-corrected chi connectivity index (χ3v) is 11.7. The summed E-state index contributed by atoms with van der Waals surface area (Å²) in [5.41, 5.74) is 16.7. The highest BCUT2D eigenvalue weighted by molar-refractivity contribution is 6.07. The molecule has 0 aliphatic carbocycles. The lowest BCUT2D eigenvalue weighted by Gasteiger charge is -2.29. The van der Waals surface area contributed by atoms with E-state index in [1.807, 2.05) is 12.1 Å². The largest absolute Gasteiger partial charge is 0.456 e. The molecule has 282 valence electrons. The van der Waals surface area contributed by atoms with E-state index in [-0.39, 0.29) is 0 Å². The second-order valence-corrected chi connectivity index (χ2v) is 15.2. The molecule has 0 amide bonds. The van der Waals surface area contributed by atoms with Gasteiger partial charge in [-0.1, -0.05) is 188 Å². The highest BCUT2D eigenvalue weighted by Crippen LogP contribution is 2.47. The molecular formula is C58H39NO. The summed E-state index contributed by atoms with van der Waals surface area (Å²) in [4.78, 5) is 2.40. The van der Waals surface area contributed by atoms with Gasteiger partial charge in [0.05, 0.1) is 5.69 Å². The Kier molecular flexibility index (Phi) is 8.87. The van der Waals surface area contributed by atoms with E-state index in [0.29, 0.717) is 0 Å². The summed E-state index contributed by atoms with van der Waals surface area (Å²) in [5, 5.41) is 4.67. The van der Waals surface area contributed by atoms with Gasteiger partial charge in [-0.2, -0.15) is 0 Å². The number of para-hydroxylation sites is 2. The Bertz CT molecular complexity index is 3300. The number of furan rings is 1. The molecular weight excluding hydrogens is 727 g/mol. The lowest BCUT2D eigenvalue weighted by Crippen LogP contribution is -2.11. The molecule has 0 fully saturated rings. The number of hydrogen-bond donors (Lipinski definition) is 0. The van der Waals surface area contributed by atoms with E-state index >= 15 is 0 Å². The van der Waals surface area contributed by atoms with Crippen molar-refractivity contribution >= 4 is 49.8 Å². The van der Waals surface area contributed by atoms with Crippen LogP contribution in [-0.2, 0) is 0 Å². The molecule has 0 bridgehead atoms. The topological polar surface area (TPSA) is 16.4 Å². The first-order chi connectivity index (χ1) is 29.8. The summed E-state index contributed by atoms with van der Waals surface area (Å²) in [7, 11) is 0. The Morgan fingerprint density at radius 2 is 0.817 bits per heavy atom. The predicted molar refractivity (Wildman–Crippen MR) is 253 cm³/mol. The highest BCUT2D eigenvalue weighted by Gasteiger charge is 2.22. The van der Waals surface area contributed by atoms with Crippen molar-refractivity contribution in [2.75, 3.05) is 4.90 Å². The monoisotopic (exact) mass is 765 g/mol. The first-order valence-electron chi connectivity index (χ1n) is 20.5. The maximum absolute atomic E-state index is 6.33. The van der Waals surface area contributed by atoms with Crippen molar-refractivity contribution in [3.05, 3.63) is 237 Å². The van der Waals surface area contributed by atoms with E-state index < -0.39 is 0 Å². The van der Waals surface area contributed by atoms with Crippen LogP contribution in [0.4, 0.5) is 17.1 Å². The lowest BCUT2D eigenvalue weighted by atomic mass is 9.86. The average molecular weight is 766 g/mol. The number of rotatable bonds is 8. The van der Waals surface area contributed by atoms with Crippen LogP contribution in [0.25, 0.3) is 88.3 Å². The maximum atomic E-state index is 6.33. The van der Waals surface area contributed by atoms with E-state index in [1.54, 1.807) is 0 Å². The van der Waals surface area contributed by atoms with E-state index in [1.165, 1.54) is 55.3 Å². The minimum Gasteiger partial charge on any atom is -0.456 e. The zero-order chi connectivity index (χ0) is 39.8. The molecule has 1 heterocycles. The Labute approximate surface area is 349 Å². The Morgan fingerprint density at radius 3 is 1.63 bits per heavy atom. The minimum absolute atomic E-state index is 0.871. The number of fused-ring (bicyclic) bond motifs is 4. The normalized spacial score (nSPS) is 11.3. The maximum Gasteiger partial charge on any atom is 0.135 e. The summed E-state index contributed by atoms with van der Waals surface area (Å²) in [6, 6.07) is 85.0. The van der Waals surface area contributed by atoms with Crippen molar-refractivity contribution in [3.8, 4) is 55.6 Å². The molecule has 2 heteroatoms. The smallest absolute Gasteiger partial charge is 0.135 e. The van der Waals surface area contributed by atoms with Gasteiger partial charge >= 0.3 is 0 Å². The number of benzene rings is 10. The first-order valence-corrected chi connectivity index (χ1v) is 20.5. The van der Waals surface area contributed by atoms with Crippen molar-refractivity contribution < 1.29 is 4.42 Å². The Balaban J connectivity index is 1.13. The van der Waals surface area contributed by atoms with Crippen LogP contribution < -0.4 is 4.90 Å². The lowest BCUT2D eigenvalue weighted by molar-refractivity contribution is 0.669. The molecule has 11 aromatic rings. The fourth-order valence-corrected chi connectivity index (χ4v) is 8.84. The summed E-state index contributed by atoms with van der Waals surface area (Å²) in [6.07, 6.45) is 0. The molecule has 2 nitrogen and oxygen atoms in total. The zero-order valence-corrected chi connectivity index (χ0v) is 32.9. The van der Waals surface area contributed by atoms with Crippen LogP contribution in [-0.4, -0.2) is 0 Å². The standard InChI is InChI=1S/C58H39NO/c1-3-16-40(17-4-1)44-32-36-51(54(38-44)50-24-10-9-23-49(50)41-18-5-2-6-19-41)52-25-11-13-28-56(52)59(46-35-37-58-55(39-46)53-26-12-14-29-57(53)60-58)45-33-30-43(31-34-45)48-27-15-21-42-20-7-8-22-47(42)48/h1-39H. The SMILES string of the molecule is c1ccc(-c2ccc(-c3ccccc3N(c3ccc(-c4cccc5ccccc45)cc3)c3ccc4oc5ccccc5c4c3)c(-c3ccccc3-c3ccccc3)c2)cc1. The molecule has 1 aromatic heterocycles. The molecule has 0 saturated carbocycles. The van der Waals surface area contributed by atoms with Gasteiger partial charge in [-0.3, -0.25) is 0 Å².